The van der Waals surface area contributed by atoms with Crippen LogP contribution >= 0.6 is 0 Å². The normalized spacial score (nSPS) is 9.75. The van der Waals surface area contributed by atoms with Crippen molar-refractivity contribution in [1.82, 2.24) is 5.32 Å². The molecule has 0 rings (SSSR count). The highest BCUT2D eigenvalue weighted by atomic mass is 16.6. The van der Waals surface area contributed by atoms with Gasteiger partial charge in [-0.1, -0.05) is 20.4 Å². The maximum atomic E-state index is 11.0. The van der Waals surface area contributed by atoms with Gasteiger partial charge in [0.05, 0.1) is 13.2 Å². The summed E-state index contributed by atoms with van der Waals surface area (Å²) in [5.41, 5.74) is 0.336. The predicted molar refractivity (Wildman–Crippen MR) is 60.0 cm³/mol. The van der Waals surface area contributed by atoms with Crippen LogP contribution in [0.3, 0.4) is 0 Å². The van der Waals surface area contributed by atoms with E-state index in [1.165, 1.54) is 0 Å². The Kier molecular flexibility index (Phi) is 7.00. The molecule has 0 saturated heterocycles. The molecule has 0 saturated carbocycles. The largest absolute Gasteiger partial charge is 0.460 e. The van der Waals surface area contributed by atoms with E-state index in [1.54, 1.807) is 6.92 Å². The summed E-state index contributed by atoms with van der Waals surface area (Å²) in [4.78, 5) is 22.0. The van der Waals surface area contributed by atoms with Crippen molar-refractivity contribution in [3.63, 3.8) is 0 Å². The first-order valence-electron chi connectivity index (χ1n) is 5.16. The van der Waals surface area contributed by atoms with Gasteiger partial charge in [0.25, 0.3) is 0 Å². The zero-order chi connectivity index (χ0) is 12.6. The first kappa shape index (κ1) is 14.5. The molecule has 0 spiro atoms. The molecular formula is C11H19NO4. The van der Waals surface area contributed by atoms with Crippen LogP contribution in [0, 0.1) is 5.92 Å². The van der Waals surface area contributed by atoms with Crippen LogP contribution in [0.15, 0.2) is 12.2 Å². The monoisotopic (exact) mass is 229 g/mol. The van der Waals surface area contributed by atoms with Crippen LogP contribution < -0.4 is 5.32 Å². The van der Waals surface area contributed by atoms with Gasteiger partial charge >= 0.3 is 12.1 Å². The molecule has 1 amide bonds. The predicted octanol–water partition coefficient (Wildman–Crippen LogP) is 1.49. The van der Waals surface area contributed by atoms with Crippen molar-refractivity contribution in [2.75, 3.05) is 19.8 Å². The van der Waals surface area contributed by atoms with Gasteiger partial charge in [0, 0.05) is 5.57 Å². The second-order valence-electron chi connectivity index (χ2n) is 3.84. The van der Waals surface area contributed by atoms with Crippen molar-refractivity contribution in [3.05, 3.63) is 12.2 Å². The van der Waals surface area contributed by atoms with Crippen LogP contribution in [0.4, 0.5) is 4.79 Å². The molecule has 0 heterocycles. The number of hydrogen-bond acceptors (Lipinski definition) is 4. The second-order valence-corrected chi connectivity index (χ2v) is 3.84. The van der Waals surface area contributed by atoms with E-state index in [0.29, 0.717) is 18.1 Å². The first-order chi connectivity index (χ1) is 7.43. The molecule has 5 nitrogen and oxygen atoms in total. The van der Waals surface area contributed by atoms with Gasteiger partial charge in [-0.3, -0.25) is 0 Å². The maximum absolute atomic E-state index is 11.0. The van der Waals surface area contributed by atoms with Gasteiger partial charge in [-0.15, -0.1) is 0 Å². The van der Waals surface area contributed by atoms with Crippen molar-refractivity contribution in [2.24, 2.45) is 5.92 Å². The Bertz CT molecular complexity index is 261. The molecule has 0 aliphatic carbocycles. The van der Waals surface area contributed by atoms with E-state index in [4.69, 9.17) is 9.47 Å². The van der Waals surface area contributed by atoms with E-state index in [1.807, 2.05) is 13.8 Å². The first-order valence-corrected chi connectivity index (χ1v) is 5.16. The van der Waals surface area contributed by atoms with Crippen molar-refractivity contribution >= 4 is 12.1 Å². The second kappa shape index (κ2) is 7.73. The number of ether oxygens (including phenoxy) is 2. The van der Waals surface area contributed by atoms with Crippen molar-refractivity contribution in [1.29, 1.82) is 0 Å². The lowest BCUT2D eigenvalue weighted by Gasteiger charge is -2.09. The van der Waals surface area contributed by atoms with E-state index in [9.17, 15) is 9.59 Å². The fourth-order valence-electron chi connectivity index (χ4n) is 0.713. The van der Waals surface area contributed by atoms with E-state index >= 15 is 0 Å². The highest BCUT2D eigenvalue weighted by Gasteiger charge is 2.05. The molecule has 0 atom stereocenters. The van der Waals surface area contributed by atoms with Crippen LogP contribution in [-0.2, 0) is 14.3 Å². The summed E-state index contributed by atoms with van der Waals surface area (Å²) in [6.07, 6.45) is -0.500. The Labute approximate surface area is 95.8 Å². The average molecular weight is 229 g/mol. The fourth-order valence-corrected chi connectivity index (χ4v) is 0.713. The summed E-state index contributed by atoms with van der Waals surface area (Å²) in [6, 6.07) is 0. The number of carbonyl (C=O) groups is 2. The van der Waals surface area contributed by atoms with Gasteiger partial charge in [0.1, 0.15) is 6.61 Å². The molecule has 0 aromatic heterocycles. The molecule has 0 bridgehead atoms. The summed E-state index contributed by atoms with van der Waals surface area (Å²) in [7, 11) is 0. The summed E-state index contributed by atoms with van der Waals surface area (Å²) >= 11 is 0. The number of hydrogen-bond donors (Lipinski definition) is 1. The third-order valence-electron chi connectivity index (χ3n) is 1.50. The topological polar surface area (TPSA) is 64.6 Å². The molecule has 16 heavy (non-hydrogen) atoms. The number of alkyl carbamates (subject to hydrolysis) is 1. The molecule has 0 aromatic rings. The highest BCUT2D eigenvalue weighted by Crippen LogP contribution is 1.93. The molecule has 92 valence electrons. The third kappa shape index (κ3) is 7.84. The Morgan fingerprint density at radius 3 is 2.44 bits per heavy atom. The number of rotatable bonds is 6. The molecule has 5 heteroatoms. The van der Waals surface area contributed by atoms with Crippen LogP contribution in [-0.4, -0.2) is 31.8 Å². The van der Waals surface area contributed by atoms with Crippen LogP contribution in [0.25, 0.3) is 0 Å². The molecule has 0 radical (unpaired) electrons. The van der Waals surface area contributed by atoms with Crippen LogP contribution in [0.1, 0.15) is 20.8 Å². The zero-order valence-corrected chi connectivity index (χ0v) is 10.0. The summed E-state index contributed by atoms with van der Waals surface area (Å²) in [5, 5.41) is 2.46. The molecule has 1 N–H and O–H groups in total. The molecular weight excluding hydrogens is 210 g/mol. The molecule has 0 aromatic carbocycles. The standard InChI is InChI=1S/C11H19NO4/c1-8(2)7-16-11(14)12-5-6-15-10(13)9(3)4/h8H,3,5-7H2,1-2,4H3,(H,12,14). The zero-order valence-electron chi connectivity index (χ0n) is 10.0. The lowest BCUT2D eigenvalue weighted by molar-refractivity contribution is -0.138. The van der Waals surface area contributed by atoms with Gasteiger partial charge in [-0.05, 0) is 12.8 Å². The van der Waals surface area contributed by atoms with E-state index in [2.05, 4.69) is 11.9 Å². The SMILES string of the molecule is C=C(C)C(=O)OCCNC(=O)OCC(C)C. The van der Waals surface area contributed by atoms with E-state index < -0.39 is 12.1 Å². The highest BCUT2D eigenvalue weighted by molar-refractivity contribution is 5.86. The summed E-state index contributed by atoms with van der Waals surface area (Å²) < 4.78 is 9.62. The van der Waals surface area contributed by atoms with Crippen molar-refractivity contribution < 1.29 is 19.1 Å². The lowest BCUT2D eigenvalue weighted by atomic mass is 10.2. The van der Waals surface area contributed by atoms with Gasteiger partial charge < -0.3 is 14.8 Å². The van der Waals surface area contributed by atoms with Gasteiger partial charge in [-0.2, -0.15) is 0 Å². The molecule has 0 aliphatic rings. The number of carbonyl (C=O) groups excluding carboxylic acids is 2. The van der Waals surface area contributed by atoms with Crippen LogP contribution in [0.2, 0.25) is 0 Å². The quantitative estimate of drug-likeness (QED) is 0.426. The third-order valence-corrected chi connectivity index (χ3v) is 1.50. The Balaban J connectivity index is 3.48. The van der Waals surface area contributed by atoms with Gasteiger partial charge in [-0.25, -0.2) is 9.59 Å². The van der Waals surface area contributed by atoms with E-state index in [0.717, 1.165) is 0 Å². The van der Waals surface area contributed by atoms with Crippen molar-refractivity contribution in [3.8, 4) is 0 Å². The summed E-state index contributed by atoms with van der Waals surface area (Å²) in [6.45, 7) is 9.60. The van der Waals surface area contributed by atoms with Crippen molar-refractivity contribution in [2.45, 2.75) is 20.8 Å². The summed E-state index contributed by atoms with van der Waals surface area (Å²) in [5.74, 6) is -0.163. The number of esters is 1. The average Bonchev–Trinajstić information content (AvgIpc) is 2.20. The maximum Gasteiger partial charge on any atom is 0.407 e. The van der Waals surface area contributed by atoms with Gasteiger partial charge in [0.2, 0.25) is 0 Å². The smallest absolute Gasteiger partial charge is 0.407 e. The number of amides is 1. The Hall–Kier alpha value is -1.52. The molecule has 0 unspecified atom stereocenters. The minimum atomic E-state index is -0.500. The minimum absolute atomic E-state index is 0.114. The van der Waals surface area contributed by atoms with Gasteiger partial charge in [0.15, 0.2) is 0 Å². The minimum Gasteiger partial charge on any atom is -0.460 e. The molecule has 0 fully saturated rings. The Morgan fingerprint density at radius 1 is 1.31 bits per heavy atom. The van der Waals surface area contributed by atoms with Crippen LogP contribution in [0.5, 0.6) is 0 Å². The number of nitrogens with one attached hydrogen (secondary N) is 1. The molecule has 0 aliphatic heterocycles. The fraction of sp³-hybridized carbons (Fsp3) is 0.636. The lowest BCUT2D eigenvalue weighted by Crippen LogP contribution is -2.29. The Morgan fingerprint density at radius 2 is 1.94 bits per heavy atom. The van der Waals surface area contributed by atoms with E-state index in [-0.39, 0.29) is 13.2 Å².